The lowest BCUT2D eigenvalue weighted by Crippen LogP contribution is -3.01. The first-order valence-electron chi connectivity index (χ1n) is 6.32. The number of quaternary nitrogens is 1. The minimum atomic E-state index is 0.672. The number of hydrogen-bond donors (Lipinski definition) is 2. The van der Waals surface area contributed by atoms with Gasteiger partial charge in [0.1, 0.15) is 0 Å². The van der Waals surface area contributed by atoms with Crippen molar-refractivity contribution in [1.29, 1.82) is 0 Å². The smallest absolute Gasteiger partial charge is 0.257 e. The molecule has 0 aliphatic carbocycles. The molecule has 0 saturated heterocycles. The van der Waals surface area contributed by atoms with Crippen LogP contribution in [-0.2, 0) is 0 Å². The normalized spacial score (nSPS) is 19.8. The average molecular weight is 266 g/mol. The Balaban J connectivity index is 2.41. The Hall–Kier alpha value is -2.66. The molecular formula is C15H14N4O. The maximum Gasteiger partial charge on any atom is 0.257 e. The van der Waals surface area contributed by atoms with E-state index in [9.17, 15) is 5.11 Å². The van der Waals surface area contributed by atoms with Crippen molar-refractivity contribution in [2.45, 2.75) is 0 Å². The second-order valence-corrected chi connectivity index (χ2v) is 4.56. The Morgan fingerprint density at radius 1 is 1.05 bits per heavy atom. The van der Waals surface area contributed by atoms with Gasteiger partial charge >= 0.3 is 0 Å². The van der Waals surface area contributed by atoms with E-state index in [0.717, 1.165) is 32.7 Å². The molecule has 1 heterocycles. The highest BCUT2D eigenvalue weighted by atomic mass is 16.2. The van der Waals surface area contributed by atoms with E-state index in [2.05, 4.69) is 15.9 Å². The highest BCUT2D eigenvalue weighted by molar-refractivity contribution is 5.34. The third-order valence-corrected chi connectivity index (χ3v) is 3.28. The summed E-state index contributed by atoms with van der Waals surface area (Å²) in [6.45, 7) is 0. The zero-order valence-electron chi connectivity index (χ0n) is 11.0. The van der Waals surface area contributed by atoms with Crippen molar-refractivity contribution < 1.29 is 10.1 Å². The second kappa shape index (κ2) is 5.14. The fourth-order valence-corrected chi connectivity index (χ4v) is 2.23. The van der Waals surface area contributed by atoms with Gasteiger partial charge in [0, 0.05) is 0 Å². The maximum atomic E-state index is 10.7. The number of hydrogen-bond acceptors (Lipinski definition) is 4. The van der Waals surface area contributed by atoms with Crippen LogP contribution in [0.3, 0.4) is 0 Å². The van der Waals surface area contributed by atoms with E-state index >= 15 is 0 Å². The monoisotopic (exact) mass is 266 g/mol. The van der Waals surface area contributed by atoms with Gasteiger partial charge in [-0.05, 0) is 26.9 Å². The predicted octanol–water partition coefficient (Wildman–Crippen LogP) is -1.46. The average Bonchev–Trinajstić information content (AvgIpc) is 2.93. The highest BCUT2D eigenvalue weighted by Gasteiger charge is 2.16. The minimum absolute atomic E-state index is 0.672. The number of nitrogens with one attached hydrogen (secondary N) is 2. The van der Waals surface area contributed by atoms with Crippen LogP contribution < -0.4 is 26.0 Å². The van der Waals surface area contributed by atoms with Gasteiger partial charge in [0.15, 0.2) is 0 Å². The lowest BCUT2D eigenvalue weighted by molar-refractivity contribution is -0.812. The van der Waals surface area contributed by atoms with E-state index in [1.807, 2.05) is 55.6 Å². The quantitative estimate of drug-likeness (QED) is 0.612. The molecule has 0 bridgehead atoms. The van der Waals surface area contributed by atoms with Gasteiger partial charge in [-0.25, -0.2) is 5.43 Å². The molecule has 1 aliphatic heterocycles. The Morgan fingerprint density at radius 2 is 1.75 bits per heavy atom. The number of rotatable bonds is 0. The molecule has 0 amide bonds. The molecule has 5 nitrogen and oxygen atoms in total. The van der Waals surface area contributed by atoms with Crippen LogP contribution in [0.1, 0.15) is 0 Å². The molecular weight excluding hydrogens is 252 g/mol. The summed E-state index contributed by atoms with van der Waals surface area (Å²) in [5.41, 5.74) is 2.94. The Bertz CT molecular complexity index is 850. The molecule has 5 heteroatoms. The fourth-order valence-electron chi connectivity index (χ4n) is 2.23. The molecule has 3 rings (SSSR count). The zero-order valence-corrected chi connectivity index (χ0v) is 11.0. The van der Waals surface area contributed by atoms with Gasteiger partial charge in [0.25, 0.3) is 5.82 Å². The first kappa shape index (κ1) is 12.4. The van der Waals surface area contributed by atoms with Crippen LogP contribution in [-0.4, -0.2) is 7.05 Å². The third kappa shape index (κ3) is 2.15. The van der Waals surface area contributed by atoms with E-state index in [1.54, 1.807) is 0 Å². The second-order valence-electron chi connectivity index (χ2n) is 4.56. The number of nitrogens with zero attached hydrogens (tertiary/aromatic N) is 2. The van der Waals surface area contributed by atoms with Crippen molar-refractivity contribution in [3.8, 4) is 0 Å². The lowest BCUT2D eigenvalue weighted by atomic mass is 10.1. The van der Waals surface area contributed by atoms with E-state index in [4.69, 9.17) is 0 Å². The predicted molar refractivity (Wildman–Crippen MR) is 72.6 cm³/mol. The fraction of sp³-hybridized carbons (Fsp3) is 0.0667. The van der Waals surface area contributed by atoms with Gasteiger partial charge in [0.2, 0.25) is 0 Å². The van der Waals surface area contributed by atoms with Crippen LogP contribution in [0.25, 0.3) is 12.1 Å². The first-order chi connectivity index (χ1) is 9.79. The molecule has 2 aromatic carbocycles. The zero-order chi connectivity index (χ0) is 13.9. The molecule has 2 N–H and O–H groups in total. The Kier molecular flexibility index (Phi) is 3.18. The molecule has 0 radical (unpaired) electrons. The molecule has 0 fully saturated rings. The van der Waals surface area contributed by atoms with Gasteiger partial charge in [-0.2, -0.15) is 0 Å². The summed E-state index contributed by atoms with van der Waals surface area (Å²) in [5.74, 6) is 0.917. The lowest BCUT2D eigenvalue weighted by Gasteiger charge is -2.00. The Labute approximate surface area is 115 Å². The summed E-state index contributed by atoms with van der Waals surface area (Å²) in [6.07, 6.45) is 0.846. The van der Waals surface area contributed by atoms with Gasteiger partial charge in [-0.15, -0.1) is 11.3 Å². The molecule has 100 valence electrons. The molecule has 2 aromatic rings. The largest absolute Gasteiger partial charge is 0.877 e. The maximum absolute atomic E-state index is 10.7. The molecule has 1 atom stereocenters. The van der Waals surface area contributed by atoms with E-state index in [-0.39, 0.29) is 0 Å². The minimum Gasteiger partial charge on any atom is -0.877 e. The van der Waals surface area contributed by atoms with Gasteiger partial charge in [-0.3, -0.25) is 0 Å². The highest BCUT2D eigenvalue weighted by Crippen LogP contribution is 1.93. The third-order valence-electron chi connectivity index (χ3n) is 3.28. The molecule has 1 unspecified atom stereocenters. The molecule has 0 saturated carbocycles. The SMILES string of the molecule is C[NH+]1N=NNC1=c1ccccc1=c1ccc(=C[O-])cc1. The Morgan fingerprint density at radius 3 is 2.35 bits per heavy atom. The topological polar surface area (TPSA) is 64.2 Å². The van der Waals surface area contributed by atoms with E-state index in [1.165, 1.54) is 0 Å². The van der Waals surface area contributed by atoms with Crippen molar-refractivity contribution in [3.05, 3.63) is 69.4 Å². The molecule has 0 aromatic heterocycles. The molecule has 1 aliphatic rings. The van der Waals surface area contributed by atoms with E-state index < -0.39 is 0 Å². The van der Waals surface area contributed by atoms with Crippen LogP contribution in [0.5, 0.6) is 0 Å². The van der Waals surface area contributed by atoms with Crippen molar-refractivity contribution in [2.75, 3.05) is 7.05 Å². The summed E-state index contributed by atoms with van der Waals surface area (Å²) >= 11 is 0. The van der Waals surface area contributed by atoms with Gasteiger partial charge in [-0.1, -0.05) is 42.5 Å². The summed E-state index contributed by atoms with van der Waals surface area (Å²) in [7, 11) is 1.92. The van der Waals surface area contributed by atoms with Crippen molar-refractivity contribution in [2.24, 2.45) is 10.4 Å². The number of benzene rings is 2. The van der Waals surface area contributed by atoms with E-state index in [0.29, 0.717) is 5.22 Å². The van der Waals surface area contributed by atoms with Gasteiger partial charge < -0.3 is 5.11 Å². The van der Waals surface area contributed by atoms with Crippen LogP contribution in [0.4, 0.5) is 0 Å². The van der Waals surface area contributed by atoms with Crippen LogP contribution in [0.15, 0.2) is 59.0 Å². The first-order valence-corrected chi connectivity index (χ1v) is 6.32. The summed E-state index contributed by atoms with van der Waals surface area (Å²) in [6, 6.07) is 15.6. The van der Waals surface area contributed by atoms with Crippen LogP contribution in [0.2, 0.25) is 0 Å². The van der Waals surface area contributed by atoms with Gasteiger partial charge in [0.05, 0.1) is 17.5 Å². The standard InChI is InChI=1S/C15H14N4O/c1-19-15(16-17-18-19)14-5-3-2-4-13(14)12-8-6-11(10-20)7-9-12/h2-10,20H,1H3,(H,16,18). The van der Waals surface area contributed by atoms with Crippen LogP contribution in [0, 0.1) is 10.4 Å². The van der Waals surface area contributed by atoms with Crippen molar-refractivity contribution >= 4 is 12.1 Å². The summed E-state index contributed by atoms with van der Waals surface area (Å²) in [5, 5.41) is 23.3. The molecule has 0 spiro atoms. The molecule has 20 heavy (non-hydrogen) atoms. The van der Waals surface area contributed by atoms with Crippen molar-refractivity contribution in [3.63, 3.8) is 0 Å². The summed E-state index contributed by atoms with van der Waals surface area (Å²) in [4.78, 5) is 0. The van der Waals surface area contributed by atoms with Crippen LogP contribution >= 0.6 is 0 Å². The van der Waals surface area contributed by atoms with Crippen molar-refractivity contribution in [1.82, 2.24) is 5.43 Å². The summed E-state index contributed by atoms with van der Waals surface area (Å²) < 4.78 is 0.